The molecule has 0 aromatic heterocycles. The first-order chi connectivity index (χ1) is 9.11. The van der Waals surface area contributed by atoms with E-state index in [-0.39, 0.29) is 5.82 Å². The highest BCUT2D eigenvalue weighted by Gasteiger charge is 2.08. The smallest absolute Gasteiger partial charge is 0.128 e. The van der Waals surface area contributed by atoms with Gasteiger partial charge in [0.1, 0.15) is 5.82 Å². The third kappa shape index (κ3) is 3.25. The summed E-state index contributed by atoms with van der Waals surface area (Å²) in [4.78, 5) is 0. The van der Waals surface area contributed by atoms with E-state index in [0.717, 1.165) is 16.9 Å². The fourth-order valence-corrected chi connectivity index (χ4v) is 2.08. The second-order valence-electron chi connectivity index (χ2n) is 4.39. The normalized spacial score (nSPS) is 10.5. The molecule has 0 saturated carbocycles. The van der Waals surface area contributed by atoms with Gasteiger partial charge >= 0.3 is 0 Å². The van der Waals surface area contributed by atoms with Crippen LogP contribution in [0.2, 0.25) is 5.02 Å². The van der Waals surface area contributed by atoms with Crippen molar-refractivity contribution >= 4 is 23.0 Å². The van der Waals surface area contributed by atoms with E-state index in [1.165, 1.54) is 6.07 Å². The van der Waals surface area contributed by atoms with Gasteiger partial charge in [0.05, 0.1) is 0 Å². The summed E-state index contributed by atoms with van der Waals surface area (Å²) in [5.41, 5.74) is 8.69. The van der Waals surface area contributed by atoms with Crippen LogP contribution in [0.15, 0.2) is 36.4 Å². The summed E-state index contributed by atoms with van der Waals surface area (Å²) < 4.78 is 13.8. The van der Waals surface area contributed by atoms with E-state index in [9.17, 15) is 4.39 Å². The molecule has 3 N–H and O–H groups in total. The predicted molar refractivity (Wildman–Crippen MR) is 78.6 cm³/mol. The fraction of sp³-hybridized carbons (Fsp3) is 0.200. The van der Waals surface area contributed by atoms with E-state index in [2.05, 4.69) is 5.32 Å². The maximum absolute atomic E-state index is 13.8. The first-order valence-corrected chi connectivity index (χ1v) is 6.50. The number of benzene rings is 2. The molecule has 0 spiro atoms. The zero-order valence-electron chi connectivity index (χ0n) is 10.7. The minimum Gasteiger partial charge on any atom is -0.355 e. The average molecular weight is 279 g/mol. The molecule has 0 heterocycles. The second kappa shape index (κ2) is 6.04. The summed E-state index contributed by atoms with van der Waals surface area (Å²) in [7, 11) is 0. The Morgan fingerprint density at radius 3 is 2.74 bits per heavy atom. The Kier molecular flexibility index (Phi) is 4.40. The Labute approximate surface area is 117 Å². The predicted octanol–water partition coefficient (Wildman–Crippen LogP) is 4.03. The van der Waals surface area contributed by atoms with Gasteiger partial charge in [-0.25, -0.2) is 4.39 Å². The van der Waals surface area contributed by atoms with Gasteiger partial charge in [0.2, 0.25) is 0 Å². The van der Waals surface area contributed by atoms with Crippen molar-refractivity contribution in [3.05, 3.63) is 58.4 Å². The second-order valence-corrected chi connectivity index (χ2v) is 4.80. The summed E-state index contributed by atoms with van der Waals surface area (Å²) in [5, 5.41) is 3.87. The number of nitrogens with one attached hydrogen (secondary N) is 1. The minimum absolute atomic E-state index is 0.242. The number of nitrogens with two attached hydrogens (primary N) is 1. The third-order valence-corrected chi connectivity index (χ3v) is 3.37. The van der Waals surface area contributed by atoms with Gasteiger partial charge in [0.25, 0.3) is 0 Å². The SMILES string of the molecule is Cc1ccc(Nc2cccc(F)c2CCN)cc1Cl. The van der Waals surface area contributed by atoms with Crippen LogP contribution in [0.5, 0.6) is 0 Å². The zero-order chi connectivity index (χ0) is 13.8. The molecule has 0 radical (unpaired) electrons. The lowest BCUT2D eigenvalue weighted by Crippen LogP contribution is -2.07. The standard InChI is InChI=1S/C15H16ClFN2/c1-10-5-6-11(9-13(10)16)19-15-4-2-3-14(17)12(15)7-8-18/h2-6,9,19H,7-8,18H2,1H3. The molecule has 0 saturated heterocycles. The van der Waals surface area contributed by atoms with Crippen LogP contribution in [0, 0.1) is 12.7 Å². The highest BCUT2D eigenvalue weighted by Crippen LogP contribution is 2.26. The molecule has 0 bridgehead atoms. The quantitative estimate of drug-likeness (QED) is 0.886. The van der Waals surface area contributed by atoms with Gasteiger partial charge in [-0.1, -0.05) is 23.7 Å². The number of hydrogen-bond acceptors (Lipinski definition) is 2. The van der Waals surface area contributed by atoms with E-state index >= 15 is 0 Å². The Balaban J connectivity index is 2.32. The first-order valence-electron chi connectivity index (χ1n) is 6.12. The van der Waals surface area contributed by atoms with E-state index in [4.69, 9.17) is 17.3 Å². The summed E-state index contributed by atoms with van der Waals surface area (Å²) in [6.07, 6.45) is 0.495. The number of aryl methyl sites for hydroxylation is 1. The van der Waals surface area contributed by atoms with Crippen molar-refractivity contribution in [1.29, 1.82) is 0 Å². The van der Waals surface area contributed by atoms with Crippen molar-refractivity contribution in [1.82, 2.24) is 0 Å². The van der Waals surface area contributed by atoms with Crippen LogP contribution in [0.25, 0.3) is 0 Å². The molecule has 0 atom stereocenters. The lowest BCUT2D eigenvalue weighted by atomic mass is 10.1. The van der Waals surface area contributed by atoms with Crippen LogP contribution in [0.1, 0.15) is 11.1 Å². The van der Waals surface area contributed by atoms with Gasteiger partial charge in [0, 0.05) is 22.0 Å². The average Bonchev–Trinajstić information content (AvgIpc) is 2.38. The number of hydrogen-bond donors (Lipinski definition) is 2. The van der Waals surface area contributed by atoms with Gasteiger partial charge in [-0.2, -0.15) is 0 Å². The van der Waals surface area contributed by atoms with Crippen molar-refractivity contribution in [3.63, 3.8) is 0 Å². The molecule has 0 aliphatic carbocycles. The maximum Gasteiger partial charge on any atom is 0.128 e. The molecule has 19 heavy (non-hydrogen) atoms. The van der Waals surface area contributed by atoms with Crippen LogP contribution in [0.3, 0.4) is 0 Å². The highest BCUT2D eigenvalue weighted by atomic mass is 35.5. The number of anilines is 2. The number of rotatable bonds is 4. The molecule has 0 aliphatic rings. The molecule has 2 nitrogen and oxygen atoms in total. The van der Waals surface area contributed by atoms with Crippen molar-refractivity contribution in [2.75, 3.05) is 11.9 Å². The fourth-order valence-electron chi connectivity index (χ4n) is 1.90. The van der Waals surface area contributed by atoms with Crippen LogP contribution in [0.4, 0.5) is 15.8 Å². The summed E-state index contributed by atoms with van der Waals surface area (Å²) in [6.45, 7) is 2.35. The molecule has 2 aromatic carbocycles. The molecule has 0 fully saturated rings. The molecular formula is C15H16ClFN2. The summed E-state index contributed by atoms with van der Waals surface area (Å²) >= 11 is 6.08. The van der Waals surface area contributed by atoms with E-state index in [1.54, 1.807) is 6.07 Å². The van der Waals surface area contributed by atoms with Gasteiger partial charge in [-0.15, -0.1) is 0 Å². The lowest BCUT2D eigenvalue weighted by Gasteiger charge is -2.13. The third-order valence-electron chi connectivity index (χ3n) is 2.96. The Hall–Kier alpha value is -1.58. The topological polar surface area (TPSA) is 38.0 Å². The van der Waals surface area contributed by atoms with E-state index < -0.39 is 0 Å². The largest absolute Gasteiger partial charge is 0.355 e. The van der Waals surface area contributed by atoms with Gasteiger partial charge in [-0.05, 0) is 49.7 Å². The molecule has 0 aliphatic heterocycles. The first kappa shape index (κ1) is 13.8. The molecular weight excluding hydrogens is 263 g/mol. The Bertz CT molecular complexity index is 584. The van der Waals surface area contributed by atoms with Crippen LogP contribution < -0.4 is 11.1 Å². The molecule has 100 valence electrons. The molecule has 2 aromatic rings. The minimum atomic E-state index is -0.242. The van der Waals surface area contributed by atoms with Crippen molar-refractivity contribution in [2.24, 2.45) is 5.73 Å². The van der Waals surface area contributed by atoms with Crippen molar-refractivity contribution in [2.45, 2.75) is 13.3 Å². The number of halogens is 2. The maximum atomic E-state index is 13.8. The van der Waals surface area contributed by atoms with Crippen LogP contribution in [-0.2, 0) is 6.42 Å². The molecule has 2 rings (SSSR count). The Morgan fingerprint density at radius 1 is 1.26 bits per heavy atom. The molecule has 4 heteroatoms. The summed E-state index contributed by atoms with van der Waals surface area (Å²) in [5.74, 6) is -0.242. The van der Waals surface area contributed by atoms with Crippen molar-refractivity contribution in [3.8, 4) is 0 Å². The lowest BCUT2D eigenvalue weighted by molar-refractivity contribution is 0.610. The van der Waals surface area contributed by atoms with Crippen LogP contribution in [-0.4, -0.2) is 6.54 Å². The van der Waals surface area contributed by atoms with E-state index in [1.807, 2.05) is 31.2 Å². The monoisotopic (exact) mass is 278 g/mol. The Morgan fingerprint density at radius 2 is 2.05 bits per heavy atom. The van der Waals surface area contributed by atoms with Crippen LogP contribution >= 0.6 is 11.6 Å². The van der Waals surface area contributed by atoms with Gasteiger partial charge in [-0.3, -0.25) is 0 Å². The van der Waals surface area contributed by atoms with E-state index in [0.29, 0.717) is 23.6 Å². The van der Waals surface area contributed by atoms with Crippen molar-refractivity contribution < 1.29 is 4.39 Å². The highest BCUT2D eigenvalue weighted by molar-refractivity contribution is 6.31. The molecule has 0 amide bonds. The van der Waals surface area contributed by atoms with Gasteiger partial charge < -0.3 is 11.1 Å². The van der Waals surface area contributed by atoms with Gasteiger partial charge in [0.15, 0.2) is 0 Å². The molecule has 0 unspecified atom stereocenters. The summed E-state index contributed by atoms with van der Waals surface area (Å²) in [6, 6.07) is 10.6. The zero-order valence-corrected chi connectivity index (χ0v) is 11.5.